The zero-order valence-corrected chi connectivity index (χ0v) is 14.7. The van der Waals surface area contributed by atoms with Crippen LogP contribution in [0.3, 0.4) is 0 Å². The van der Waals surface area contributed by atoms with E-state index in [0.29, 0.717) is 5.56 Å². The first-order valence-corrected chi connectivity index (χ1v) is 8.05. The number of amides is 2. The van der Waals surface area contributed by atoms with Crippen LogP contribution in [0.25, 0.3) is 0 Å². The topological polar surface area (TPSA) is 45.2 Å². The van der Waals surface area contributed by atoms with Crippen LogP contribution in [0.15, 0.2) is 18.3 Å². The molecule has 0 bridgehead atoms. The number of carbonyl (C=O) groups is 1. The van der Waals surface area contributed by atoms with Crippen LogP contribution in [0.2, 0.25) is 5.15 Å². The Balaban J connectivity index is 2.90. The number of nitrogens with one attached hydrogen (secondary N) is 1. The van der Waals surface area contributed by atoms with Gasteiger partial charge in [-0.15, -0.1) is 0 Å². The summed E-state index contributed by atoms with van der Waals surface area (Å²) in [5.74, 6) is 0. The molecule has 0 aliphatic heterocycles. The van der Waals surface area contributed by atoms with E-state index in [0.717, 1.165) is 4.90 Å². The molecule has 26 heavy (non-hydrogen) atoms. The summed E-state index contributed by atoms with van der Waals surface area (Å²) in [4.78, 5) is 17.1. The van der Waals surface area contributed by atoms with Gasteiger partial charge in [0.2, 0.25) is 0 Å². The van der Waals surface area contributed by atoms with Gasteiger partial charge in [0.1, 0.15) is 11.2 Å². The Morgan fingerprint density at radius 3 is 2.38 bits per heavy atom. The van der Waals surface area contributed by atoms with Gasteiger partial charge in [-0.3, -0.25) is 0 Å². The van der Waals surface area contributed by atoms with E-state index in [-0.39, 0.29) is 11.7 Å². The third-order valence-electron chi connectivity index (χ3n) is 3.71. The van der Waals surface area contributed by atoms with Crippen LogP contribution < -0.4 is 5.32 Å². The van der Waals surface area contributed by atoms with Crippen LogP contribution in [0.1, 0.15) is 38.3 Å². The van der Waals surface area contributed by atoms with Crippen molar-refractivity contribution in [1.82, 2.24) is 15.2 Å². The molecule has 0 aromatic carbocycles. The molecule has 2 amide bonds. The van der Waals surface area contributed by atoms with E-state index in [4.69, 9.17) is 11.6 Å². The number of rotatable bonds is 6. The van der Waals surface area contributed by atoms with Gasteiger partial charge >= 0.3 is 18.4 Å². The van der Waals surface area contributed by atoms with E-state index in [1.165, 1.54) is 25.3 Å². The Kier molecular flexibility index (Phi) is 7.55. The number of hydrogen-bond acceptors (Lipinski definition) is 2. The van der Waals surface area contributed by atoms with Gasteiger partial charge in [0.05, 0.1) is 6.04 Å². The van der Waals surface area contributed by atoms with Gasteiger partial charge < -0.3 is 10.2 Å². The van der Waals surface area contributed by atoms with Crippen LogP contribution in [-0.4, -0.2) is 40.9 Å². The third kappa shape index (κ3) is 6.89. The molecule has 1 aromatic rings. The Morgan fingerprint density at radius 1 is 1.31 bits per heavy atom. The summed E-state index contributed by atoms with van der Waals surface area (Å²) >= 11 is 5.76. The summed E-state index contributed by atoms with van der Waals surface area (Å²) < 4.78 is 75.7. The third-order valence-corrected chi connectivity index (χ3v) is 3.92. The quantitative estimate of drug-likeness (QED) is 0.528. The van der Waals surface area contributed by atoms with Gasteiger partial charge in [0, 0.05) is 19.2 Å². The van der Waals surface area contributed by atoms with Crippen molar-refractivity contribution >= 4 is 17.6 Å². The molecule has 148 valence electrons. The molecule has 1 N–H and O–H groups in total. The summed E-state index contributed by atoms with van der Waals surface area (Å²) in [5, 5.41) is 1.80. The van der Waals surface area contributed by atoms with E-state index in [1.807, 2.05) is 0 Å². The lowest BCUT2D eigenvalue weighted by Gasteiger charge is -2.31. The minimum Gasteiger partial charge on any atom is -0.326 e. The van der Waals surface area contributed by atoms with Crippen molar-refractivity contribution in [1.29, 1.82) is 0 Å². The molecule has 1 aromatic heterocycles. The molecular weight excluding hydrogens is 388 g/mol. The van der Waals surface area contributed by atoms with Crippen LogP contribution in [0, 0.1) is 0 Å². The Labute approximate surface area is 151 Å². The zero-order chi connectivity index (χ0) is 20.1. The van der Waals surface area contributed by atoms with Gasteiger partial charge in [-0.1, -0.05) is 11.6 Å². The fourth-order valence-corrected chi connectivity index (χ4v) is 2.49. The largest absolute Gasteiger partial charge is 0.408 e. The summed E-state index contributed by atoms with van der Waals surface area (Å²) in [6, 6.07) is -1.38. The predicted octanol–water partition coefficient (Wildman–Crippen LogP) is 5.10. The number of pyridine rings is 1. The first kappa shape index (κ1) is 22.3. The van der Waals surface area contributed by atoms with Gasteiger partial charge in [-0.05, 0) is 38.0 Å². The average Bonchev–Trinajstić information content (AvgIpc) is 2.49. The number of urea groups is 1. The van der Waals surface area contributed by atoms with E-state index in [2.05, 4.69) is 4.98 Å². The molecule has 1 rings (SSSR count). The first-order valence-electron chi connectivity index (χ1n) is 7.67. The molecule has 2 atom stereocenters. The van der Waals surface area contributed by atoms with Crippen molar-refractivity contribution in [2.45, 2.75) is 51.1 Å². The van der Waals surface area contributed by atoms with Crippen molar-refractivity contribution < 1.29 is 31.1 Å². The smallest absolute Gasteiger partial charge is 0.326 e. The SMILES string of the molecule is CCN(C(=O)N[C@@H](CCC(F)(F)F)C(F)(F)F)C(C)c1ccnc(Cl)c1. The minimum absolute atomic E-state index is 0.0385. The maximum atomic E-state index is 13.0. The van der Waals surface area contributed by atoms with Crippen molar-refractivity contribution in [3.63, 3.8) is 0 Å². The first-order chi connectivity index (χ1) is 11.8. The molecule has 1 heterocycles. The van der Waals surface area contributed by atoms with Crippen molar-refractivity contribution in [2.75, 3.05) is 6.54 Å². The second kappa shape index (κ2) is 8.79. The van der Waals surface area contributed by atoms with E-state index < -0.39 is 43.3 Å². The Bertz CT molecular complexity index is 608. The summed E-state index contributed by atoms with van der Waals surface area (Å²) in [7, 11) is 0. The van der Waals surface area contributed by atoms with Crippen LogP contribution in [-0.2, 0) is 0 Å². The van der Waals surface area contributed by atoms with Crippen molar-refractivity contribution in [3.8, 4) is 0 Å². The highest BCUT2D eigenvalue weighted by Gasteiger charge is 2.43. The molecule has 11 heteroatoms. The Morgan fingerprint density at radius 2 is 1.92 bits per heavy atom. The maximum Gasteiger partial charge on any atom is 0.408 e. The maximum absolute atomic E-state index is 13.0. The van der Waals surface area contributed by atoms with Gasteiger partial charge in [-0.25, -0.2) is 9.78 Å². The molecule has 0 saturated heterocycles. The number of nitrogens with zero attached hydrogens (tertiary/aromatic N) is 2. The van der Waals surface area contributed by atoms with Crippen LogP contribution in [0.4, 0.5) is 31.1 Å². The molecule has 0 radical (unpaired) electrons. The molecule has 0 fully saturated rings. The second-order valence-corrected chi connectivity index (χ2v) is 5.96. The number of aromatic nitrogens is 1. The molecule has 4 nitrogen and oxygen atoms in total. The highest BCUT2D eigenvalue weighted by Crippen LogP contribution is 2.29. The number of carbonyl (C=O) groups excluding carboxylic acids is 1. The monoisotopic (exact) mass is 405 g/mol. The average molecular weight is 406 g/mol. The van der Waals surface area contributed by atoms with Crippen molar-refractivity contribution in [3.05, 3.63) is 29.0 Å². The summed E-state index contributed by atoms with van der Waals surface area (Å²) in [6.45, 7) is 3.14. The molecule has 0 aliphatic rings. The minimum atomic E-state index is -5.00. The predicted molar refractivity (Wildman–Crippen MR) is 83.7 cm³/mol. The fraction of sp³-hybridized carbons (Fsp3) is 0.600. The van der Waals surface area contributed by atoms with E-state index in [9.17, 15) is 31.1 Å². The van der Waals surface area contributed by atoms with Crippen molar-refractivity contribution in [2.24, 2.45) is 0 Å². The normalized spacial score (nSPS) is 14.7. The standard InChI is InChI=1S/C15H18ClF6N3O/c1-3-25(9(2)10-5-7-23-12(16)8-10)13(26)24-11(15(20,21)22)4-6-14(17,18)19/h5,7-9,11H,3-4,6H2,1-2H3,(H,24,26)/t9?,11-/m0/s1. The summed E-state index contributed by atoms with van der Waals surface area (Å²) in [6.07, 6.45) is -11.3. The fourth-order valence-electron chi connectivity index (χ4n) is 2.31. The second-order valence-electron chi connectivity index (χ2n) is 5.57. The Hall–Kier alpha value is -1.71. The highest BCUT2D eigenvalue weighted by molar-refractivity contribution is 6.29. The summed E-state index contributed by atoms with van der Waals surface area (Å²) in [5.41, 5.74) is 0.529. The number of hydrogen-bond donors (Lipinski definition) is 1. The van der Waals surface area contributed by atoms with Gasteiger partial charge in [0.15, 0.2) is 0 Å². The lowest BCUT2D eigenvalue weighted by Crippen LogP contribution is -2.51. The molecular formula is C15H18ClF6N3O. The van der Waals surface area contributed by atoms with E-state index in [1.54, 1.807) is 12.2 Å². The molecule has 0 spiro atoms. The van der Waals surface area contributed by atoms with E-state index >= 15 is 0 Å². The number of alkyl halides is 6. The highest BCUT2D eigenvalue weighted by atomic mass is 35.5. The van der Waals surface area contributed by atoms with Crippen LogP contribution >= 0.6 is 11.6 Å². The van der Waals surface area contributed by atoms with Crippen LogP contribution in [0.5, 0.6) is 0 Å². The molecule has 1 unspecified atom stereocenters. The number of halogens is 7. The molecule has 0 saturated carbocycles. The lowest BCUT2D eigenvalue weighted by molar-refractivity contribution is -0.171. The zero-order valence-electron chi connectivity index (χ0n) is 14.0. The van der Waals surface area contributed by atoms with Gasteiger partial charge in [0.25, 0.3) is 0 Å². The lowest BCUT2D eigenvalue weighted by atomic mass is 10.1. The molecule has 0 aliphatic carbocycles. The van der Waals surface area contributed by atoms with Gasteiger partial charge in [-0.2, -0.15) is 26.3 Å².